The minimum absolute atomic E-state index is 0.169. The van der Waals surface area contributed by atoms with Crippen molar-refractivity contribution >= 4 is 23.3 Å². The molecule has 0 spiro atoms. The highest BCUT2D eigenvalue weighted by Gasteiger charge is 2.21. The molecule has 0 radical (unpaired) electrons. The van der Waals surface area contributed by atoms with E-state index in [0.29, 0.717) is 10.8 Å². The number of carbonyl (C=O) groups excluding carboxylic acids is 1. The van der Waals surface area contributed by atoms with Gasteiger partial charge in [-0.1, -0.05) is 11.6 Å². The lowest BCUT2D eigenvalue weighted by atomic mass is 10.1. The van der Waals surface area contributed by atoms with Crippen LogP contribution in [0.5, 0.6) is 0 Å². The standard InChI is InChI=1S/C13H19ClN4O/c1-15-11-6-5-10(14)12(17-11)13(19)16-9-4-3-7-18(2)8-9/h5-6,9H,3-4,7-8H2,1-2H3,(H,15,17)(H,16,19). The van der Waals surface area contributed by atoms with E-state index in [9.17, 15) is 4.79 Å². The average Bonchev–Trinajstić information content (AvgIpc) is 2.39. The van der Waals surface area contributed by atoms with Gasteiger partial charge in [0.15, 0.2) is 0 Å². The molecule has 0 bridgehead atoms. The van der Waals surface area contributed by atoms with E-state index in [0.717, 1.165) is 25.9 Å². The van der Waals surface area contributed by atoms with Gasteiger partial charge in [0.25, 0.3) is 5.91 Å². The molecule has 104 valence electrons. The van der Waals surface area contributed by atoms with Crippen molar-refractivity contribution < 1.29 is 4.79 Å². The van der Waals surface area contributed by atoms with E-state index in [1.807, 2.05) is 0 Å². The number of amides is 1. The Labute approximate surface area is 118 Å². The van der Waals surface area contributed by atoms with E-state index in [-0.39, 0.29) is 17.6 Å². The molecule has 1 aliphatic heterocycles. The van der Waals surface area contributed by atoms with Gasteiger partial charge in [-0.2, -0.15) is 0 Å². The molecule has 2 rings (SSSR count). The van der Waals surface area contributed by atoms with E-state index >= 15 is 0 Å². The van der Waals surface area contributed by atoms with E-state index in [1.54, 1.807) is 19.2 Å². The molecule has 1 unspecified atom stereocenters. The van der Waals surface area contributed by atoms with Crippen LogP contribution in [-0.4, -0.2) is 49.0 Å². The number of rotatable bonds is 3. The molecule has 1 amide bonds. The van der Waals surface area contributed by atoms with Crippen molar-refractivity contribution in [1.29, 1.82) is 0 Å². The van der Waals surface area contributed by atoms with Crippen molar-refractivity contribution in [2.45, 2.75) is 18.9 Å². The van der Waals surface area contributed by atoms with Crippen LogP contribution < -0.4 is 10.6 Å². The Balaban J connectivity index is 2.06. The summed E-state index contributed by atoms with van der Waals surface area (Å²) >= 11 is 6.03. The topological polar surface area (TPSA) is 57.3 Å². The largest absolute Gasteiger partial charge is 0.373 e. The maximum atomic E-state index is 12.2. The molecule has 5 nitrogen and oxygen atoms in total. The first kappa shape index (κ1) is 14.1. The second-order valence-electron chi connectivity index (χ2n) is 4.85. The molecule has 19 heavy (non-hydrogen) atoms. The van der Waals surface area contributed by atoms with E-state index < -0.39 is 0 Å². The summed E-state index contributed by atoms with van der Waals surface area (Å²) in [6.07, 6.45) is 2.10. The summed E-state index contributed by atoms with van der Waals surface area (Å²) < 4.78 is 0. The van der Waals surface area contributed by atoms with Crippen LogP contribution in [0.15, 0.2) is 12.1 Å². The minimum Gasteiger partial charge on any atom is -0.373 e. The molecule has 6 heteroatoms. The van der Waals surface area contributed by atoms with Crippen LogP contribution in [0.4, 0.5) is 5.82 Å². The number of nitrogens with one attached hydrogen (secondary N) is 2. The number of halogens is 1. The smallest absolute Gasteiger partial charge is 0.271 e. The van der Waals surface area contributed by atoms with E-state index in [4.69, 9.17) is 11.6 Å². The Morgan fingerprint density at radius 1 is 1.53 bits per heavy atom. The van der Waals surface area contributed by atoms with Crippen molar-refractivity contribution in [1.82, 2.24) is 15.2 Å². The zero-order chi connectivity index (χ0) is 13.8. The summed E-state index contributed by atoms with van der Waals surface area (Å²) in [5.41, 5.74) is 0.279. The number of pyridine rings is 1. The minimum atomic E-state index is -0.206. The first-order valence-corrected chi connectivity index (χ1v) is 6.81. The maximum Gasteiger partial charge on any atom is 0.271 e. The number of nitrogens with zero attached hydrogens (tertiary/aromatic N) is 2. The number of piperidine rings is 1. The quantitative estimate of drug-likeness (QED) is 0.884. The first-order chi connectivity index (χ1) is 9.10. The Hall–Kier alpha value is -1.33. The number of likely N-dealkylation sites (tertiary alicyclic amines) is 1. The number of aromatic nitrogens is 1. The lowest BCUT2D eigenvalue weighted by Crippen LogP contribution is -2.46. The number of hydrogen-bond acceptors (Lipinski definition) is 4. The Morgan fingerprint density at radius 2 is 2.32 bits per heavy atom. The second-order valence-corrected chi connectivity index (χ2v) is 5.26. The van der Waals surface area contributed by atoms with Crippen molar-refractivity contribution in [2.75, 3.05) is 32.5 Å². The summed E-state index contributed by atoms with van der Waals surface area (Å²) in [7, 11) is 3.82. The molecular formula is C13H19ClN4O. The summed E-state index contributed by atoms with van der Waals surface area (Å²) in [4.78, 5) is 18.6. The third kappa shape index (κ3) is 3.58. The fourth-order valence-corrected chi connectivity index (χ4v) is 2.47. The molecule has 2 N–H and O–H groups in total. The molecule has 0 saturated carbocycles. The fourth-order valence-electron chi connectivity index (χ4n) is 2.28. The Morgan fingerprint density at radius 3 is 3.00 bits per heavy atom. The van der Waals surface area contributed by atoms with Crippen LogP contribution >= 0.6 is 11.6 Å². The fraction of sp³-hybridized carbons (Fsp3) is 0.538. The number of anilines is 1. The van der Waals surface area contributed by atoms with Crippen LogP contribution in [0.3, 0.4) is 0 Å². The van der Waals surface area contributed by atoms with Gasteiger partial charge in [-0.3, -0.25) is 4.79 Å². The van der Waals surface area contributed by atoms with Gasteiger partial charge in [-0.25, -0.2) is 4.98 Å². The van der Waals surface area contributed by atoms with Gasteiger partial charge < -0.3 is 15.5 Å². The van der Waals surface area contributed by atoms with Gasteiger partial charge in [-0.15, -0.1) is 0 Å². The highest BCUT2D eigenvalue weighted by Crippen LogP contribution is 2.17. The van der Waals surface area contributed by atoms with Gasteiger partial charge in [0.1, 0.15) is 11.5 Å². The van der Waals surface area contributed by atoms with Crippen molar-refractivity contribution in [2.24, 2.45) is 0 Å². The van der Waals surface area contributed by atoms with Crippen LogP contribution in [0.2, 0.25) is 5.02 Å². The predicted octanol–water partition coefficient (Wildman–Crippen LogP) is 1.60. The highest BCUT2D eigenvalue weighted by molar-refractivity contribution is 6.33. The third-order valence-electron chi connectivity index (χ3n) is 3.28. The monoisotopic (exact) mass is 282 g/mol. The summed E-state index contributed by atoms with van der Waals surface area (Å²) in [6, 6.07) is 3.60. The average molecular weight is 283 g/mol. The molecule has 2 heterocycles. The Bertz CT molecular complexity index is 466. The lowest BCUT2D eigenvalue weighted by Gasteiger charge is -2.30. The lowest BCUT2D eigenvalue weighted by molar-refractivity contribution is 0.0908. The normalized spacial score (nSPS) is 20.1. The molecule has 1 aromatic heterocycles. The molecule has 0 aromatic carbocycles. The third-order valence-corrected chi connectivity index (χ3v) is 3.58. The summed E-state index contributed by atoms with van der Waals surface area (Å²) in [6.45, 7) is 1.95. The van der Waals surface area contributed by atoms with Gasteiger partial charge in [0, 0.05) is 19.6 Å². The van der Waals surface area contributed by atoms with Crippen molar-refractivity contribution in [3.05, 3.63) is 22.8 Å². The molecule has 1 aromatic rings. The van der Waals surface area contributed by atoms with E-state index in [2.05, 4.69) is 27.6 Å². The van der Waals surface area contributed by atoms with Crippen molar-refractivity contribution in [3.63, 3.8) is 0 Å². The molecule has 1 aliphatic rings. The summed E-state index contributed by atoms with van der Waals surface area (Å²) in [5.74, 6) is 0.428. The first-order valence-electron chi connectivity index (χ1n) is 6.44. The Kier molecular flexibility index (Phi) is 4.61. The van der Waals surface area contributed by atoms with Gasteiger partial charge >= 0.3 is 0 Å². The summed E-state index contributed by atoms with van der Waals surface area (Å²) in [5, 5.41) is 6.28. The van der Waals surface area contributed by atoms with Crippen LogP contribution in [0.25, 0.3) is 0 Å². The molecule has 0 aliphatic carbocycles. The predicted molar refractivity (Wildman–Crippen MR) is 76.8 cm³/mol. The second kappa shape index (κ2) is 6.21. The number of carbonyl (C=O) groups is 1. The molecular weight excluding hydrogens is 264 g/mol. The van der Waals surface area contributed by atoms with Crippen LogP contribution in [0, 0.1) is 0 Å². The SMILES string of the molecule is CNc1ccc(Cl)c(C(=O)NC2CCCN(C)C2)n1. The zero-order valence-electron chi connectivity index (χ0n) is 11.2. The zero-order valence-corrected chi connectivity index (χ0v) is 12.0. The molecule has 1 atom stereocenters. The number of likely N-dealkylation sites (N-methyl/N-ethyl adjacent to an activating group) is 1. The highest BCUT2D eigenvalue weighted by atomic mass is 35.5. The van der Waals surface area contributed by atoms with E-state index in [1.165, 1.54) is 0 Å². The number of hydrogen-bond donors (Lipinski definition) is 2. The van der Waals surface area contributed by atoms with Crippen LogP contribution in [0.1, 0.15) is 23.3 Å². The van der Waals surface area contributed by atoms with Crippen molar-refractivity contribution in [3.8, 4) is 0 Å². The van der Waals surface area contributed by atoms with Crippen LogP contribution in [-0.2, 0) is 0 Å². The van der Waals surface area contributed by atoms with Gasteiger partial charge in [0.05, 0.1) is 5.02 Å². The van der Waals surface area contributed by atoms with Gasteiger partial charge in [-0.05, 0) is 38.6 Å². The van der Waals surface area contributed by atoms with Gasteiger partial charge in [0.2, 0.25) is 0 Å². The molecule has 1 saturated heterocycles. The maximum absolute atomic E-state index is 12.2. The molecule has 1 fully saturated rings.